The molecule has 0 bridgehead atoms. The number of thiophene rings is 1. The average Bonchev–Trinajstić information content (AvgIpc) is 2.83. The molecule has 0 aromatic carbocycles. The molecule has 0 spiro atoms. The van der Waals surface area contributed by atoms with E-state index < -0.39 is 24.6 Å². The van der Waals surface area contributed by atoms with Crippen LogP contribution in [0.15, 0.2) is 17.6 Å². The van der Waals surface area contributed by atoms with Crippen molar-refractivity contribution >= 4 is 27.2 Å². The summed E-state index contributed by atoms with van der Waals surface area (Å²) >= 11 is 1.09. The summed E-state index contributed by atoms with van der Waals surface area (Å²) in [4.78, 5) is 5.62. The summed E-state index contributed by atoms with van der Waals surface area (Å²) in [6, 6.07) is 0.408. The van der Waals surface area contributed by atoms with E-state index in [4.69, 9.17) is 0 Å². The van der Waals surface area contributed by atoms with Gasteiger partial charge in [0.15, 0.2) is 0 Å². The molecule has 3 nitrogen and oxygen atoms in total. The Hall–Kier alpha value is -1.48. The molecule has 9 heteroatoms. The van der Waals surface area contributed by atoms with Gasteiger partial charge < -0.3 is 10.2 Å². The van der Waals surface area contributed by atoms with Crippen LogP contribution in [0.25, 0.3) is 10.1 Å². The van der Waals surface area contributed by atoms with Gasteiger partial charge in [-0.3, -0.25) is 0 Å². The summed E-state index contributed by atoms with van der Waals surface area (Å²) < 4.78 is 66.7. The highest BCUT2D eigenvalue weighted by atomic mass is 32.1. The van der Waals surface area contributed by atoms with Gasteiger partial charge in [0.25, 0.3) is 5.92 Å². The molecule has 2 aromatic heterocycles. The average molecular weight is 365 g/mol. The van der Waals surface area contributed by atoms with Gasteiger partial charge in [-0.1, -0.05) is 0 Å². The van der Waals surface area contributed by atoms with Crippen LogP contribution in [0.3, 0.4) is 0 Å². The van der Waals surface area contributed by atoms with Crippen LogP contribution in [0, 0.1) is 0 Å². The summed E-state index contributed by atoms with van der Waals surface area (Å²) in [5.74, 6) is -2.71. The van der Waals surface area contributed by atoms with Crippen molar-refractivity contribution in [3.8, 4) is 0 Å². The minimum absolute atomic E-state index is 0.142. The predicted octanol–water partition coefficient (Wildman–Crippen LogP) is 4.15. The van der Waals surface area contributed by atoms with Gasteiger partial charge in [0.2, 0.25) is 0 Å². The zero-order valence-electron chi connectivity index (χ0n) is 12.8. The molecule has 1 fully saturated rings. The number of halogens is 5. The quantitative estimate of drug-likeness (QED) is 0.829. The largest absolute Gasteiger partial charge is 0.393 e. The summed E-state index contributed by atoms with van der Waals surface area (Å²) in [5, 5.41) is 4.58. The maximum Gasteiger partial charge on any atom is 0.393 e. The molecule has 0 saturated carbocycles. The standard InChI is InChI=1S/C15H16F5N3S/c1-23-5-3-11(14(16,17)8-23)22-13-12-10(2-4-21-13)9(7-24-12)6-15(18,19)20/h2,4,7,11H,3,5-6,8H2,1H3,(H,21,22). The monoisotopic (exact) mass is 365 g/mol. The van der Waals surface area contributed by atoms with E-state index in [1.807, 2.05) is 0 Å². The molecule has 1 N–H and O–H groups in total. The number of fused-ring (bicyclic) bond motifs is 1. The van der Waals surface area contributed by atoms with E-state index in [0.717, 1.165) is 11.3 Å². The van der Waals surface area contributed by atoms with Crippen molar-refractivity contribution in [3.63, 3.8) is 0 Å². The Balaban J connectivity index is 1.88. The third-order valence-electron chi connectivity index (χ3n) is 4.06. The lowest BCUT2D eigenvalue weighted by Gasteiger charge is -2.37. The zero-order chi connectivity index (χ0) is 17.5. The van der Waals surface area contributed by atoms with Gasteiger partial charge in [-0.25, -0.2) is 13.8 Å². The van der Waals surface area contributed by atoms with Gasteiger partial charge in [-0.05, 0) is 30.5 Å². The minimum atomic E-state index is -4.31. The lowest BCUT2D eigenvalue weighted by atomic mass is 10.0. The van der Waals surface area contributed by atoms with Gasteiger partial charge in [0, 0.05) is 18.1 Å². The second-order valence-corrected chi connectivity index (χ2v) is 6.95. The van der Waals surface area contributed by atoms with Crippen LogP contribution < -0.4 is 5.32 Å². The predicted molar refractivity (Wildman–Crippen MR) is 83.9 cm³/mol. The SMILES string of the molecule is CN1CCC(Nc2nccc3c(CC(F)(F)F)csc23)C(F)(F)C1. The Morgan fingerprint density at radius 1 is 1.42 bits per heavy atom. The van der Waals surface area contributed by atoms with E-state index in [0.29, 0.717) is 16.6 Å². The normalized spacial score (nSPS) is 22.0. The van der Waals surface area contributed by atoms with E-state index in [-0.39, 0.29) is 24.3 Å². The molecule has 0 aliphatic carbocycles. The Labute approximate surface area is 139 Å². The van der Waals surface area contributed by atoms with Crippen LogP contribution in [0.2, 0.25) is 0 Å². The fourth-order valence-electron chi connectivity index (χ4n) is 2.92. The van der Waals surface area contributed by atoms with Crippen LogP contribution in [0.5, 0.6) is 0 Å². The maximum atomic E-state index is 14.2. The van der Waals surface area contributed by atoms with Crippen molar-refractivity contribution < 1.29 is 22.0 Å². The summed E-state index contributed by atoms with van der Waals surface area (Å²) in [6.07, 6.45) is -3.76. The molecular formula is C15H16F5N3S. The van der Waals surface area contributed by atoms with Gasteiger partial charge in [-0.15, -0.1) is 11.3 Å². The molecular weight excluding hydrogens is 349 g/mol. The number of hydrogen-bond donors (Lipinski definition) is 1. The number of aromatic nitrogens is 1. The smallest absolute Gasteiger partial charge is 0.360 e. The Kier molecular flexibility index (Phi) is 4.41. The molecule has 1 aliphatic rings. The van der Waals surface area contributed by atoms with Gasteiger partial charge in [0.05, 0.1) is 23.7 Å². The lowest BCUT2D eigenvalue weighted by Crippen LogP contribution is -2.53. The first-order valence-electron chi connectivity index (χ1n) is 7.40. The highest BCUT2D eigenvalue weighted by Gasteiger charge is 2.44. The minimum Gasteiger partial charge on any atom is -0.360 e. The summed E-state index contributed by atoms with van der Waals surface area (Å²) in [6.45, 7) is 0.164. The molecule has 1 aliphatic heterocycles. The fraction of sp³-hybridized carbons (Fsp3) is 0.533. The van der Waals surface area contributed by atoms with Crippen LogP contribution in [0.1, 0.15) is 12.0 Å². The van der Waals surface area contributed by atoms with Crippen LogP contribution in [-0.4, -0.2) is 48.2 Å². The molecule has 3 heterocycles. The molecule has 3 rings (SSSR count). The second kappa shape index (κ2) is 6.11. The van der Waals surface area contributed by atoms with Crippen molar-refractivity contribution in [1.29, 1.82) is 0 Å². The van der Waals surface area contributed by atoms with E-state index in [9.17, 15) is 22.0 Å². The molecule has 0 amide bonds. The Morgan fingerprint density at radius 2 is 2.17 bits per heavy atom. The van der Waals surface area contributed by atoms with Gasteiger partial charge in [-0.2, -0.15) is 13.2 Å². The molecule has 1 unspecified atom stereocenters. The van der Waals surface area contributed by atoms with Crippen LogP contribution in [-0.2, 0) is 6.42 Å². The highest BCUT2D eigenvalue weighted by molar-refractivity contribution is 7.18. The molecule has 132 valence electrons. The number of rotatable bonds is 3. The zero-order valence-corrected chi connectivity index (χ0v) is 13.6. The van der Waals surface area contributed by atoms with E-state index in [1.54, 1.807) is 11.9 Å². The van der Waals surface area contributed by atoms with Gasteiger partial charge in [0.1, 0.15) is 5.82 Å². The van der Waals surface area contributed by atoms with Crippen molar-refractivity contribution in [2.24, 2.45) is 0 Å². The van der Waals surface area contributed by atoms with E-state index in [1.165, 1.54) is 17.6 Å². The van der Waals surface area contributed by atoms with Crippen molar-refractivity contribution in [2.45, 2.75) is 31.0 Å². The summed E-state index contributed by atoms with van der Waals surface area (Å²) in [5.41, 5.74) is 0.142. The lowest BCUT2D eigenvalue weighted by molar-refractivity contribution is -0.126. The maximum absolute atomic E-state index is 14.2. The van der Waals surface area contributed by atoms with Crippen LogP contribution in [0.4, 0.5) is 27.8 Å². The molecule has 1 saturated heterocycles. The van der Waals surface area contributed by atoms with Crippen molar-refractivity contribution in [2.75, 3.05) is 25.5 Å². The first kappa shape index (κ1) is 17.3. The number of anilines is 1. The Morgan fingerprint density at radius 3 is 2.83 bits per heavy atom. The third-order valence-corrected chi connectivity index (χ3v) is 5.11. The van der Waals surface area contributed by atoms with Crippen LogP contribution >= 0.6 is 11.3 Å². The first-order valence-corrected chi connectivity index (χ1v) is 8.28. The van der Waals surface area contributed by atoms with Crippen molar-refractivity contribution in [1.82, 2.24) is 9.88 Å². The topological polar surface area (TPSA) is 28.2 Å². The molecule has 0 radical (unpaired) electrons. The van der Waals surface area contributed by atoms with E-state index >= 15 is 0 Å². The summed E-state index contributed by atoms with van der Waals surface area (Å²) in [7, 11) is 1.63. The Bertz CT molecular complexity index is 727. The number of hydrogen-bond acceptors (Lipinski definition) is 4. The number of likely N-dealkylation sites (tertiary alicyclic amines) is 1. The van der Waals surface area contributed by atoms with Gasteiger partial charge >= 0.3 is 6.18 Å². The number of nitrogens with one attached hydrogen (secondary N) is 1. The number of piperidine rings is 1. The van der Waals surface area contributed by atoms with Crippen molar-refractivity contribution in [3.05, 3.63) is 23.2 Å². The molecule has 24 heavy (non-hydrogen) atoms. The first-order chi connectivity index (χ1) is 11.2. The number of pyridine rings is 1. The number of nitrogens with zero attached hydrogens (tertiary/aromatic N) is 2. The third kappa shape index (κ3) is 3.61. The molecule has 2 aromatic rings. The van der Waals surface area contributed by atoms with E-state index in [2.05, 4.69) is 10.3 Å². The number of alkyl halides is 5. The molecule has 1 atom stereocenters. The fourth-order valence-corrected chi connectivity index (χ4v) is 3.94. The highest BCUT2D eigenvalue weighted by Crippen LogP contribution is 2.36. The second-order valence-electron chi connectivity index (χ2n) is 6.07.